The average molecular weight is 259 g/mol. The minimum Gasteiger partial charge on any atom is -0.309 e. The molecule has 0 radical (unpaired) electrons. The van der Waals surface area contributed by atoms with Crippen molar-refractivity contribution in [1.29, 1.82) is 0 Å². The maximum atomic E-state index is 5.79. The fourth-order valence-corrected chi connectivity index (χ4v) is 1.60. The highest BCUT2D eigenvalue weighted by Crippen LogP contribution is 2.20. The van der Waals surface area contributed by atoms with Crippen LogP contribution in [0.1, 0.15) is 5.56 Å². The lowest BCUT2D eigenvalue weighted by atomic mass is 10.2. The molecule has 1 N–H and O–H groups in total. The first-order valence-electron chi connectivity index (χ1n) is 3.82. The van der Waals surface area contributed by atoms with E-state index in [2.05, 4.69) is 33.1 Å². The molecule has 1 nitrogen and oxygen atoms in total. The van der Waals surface area contributed by atoms with Gasteiger partial charge in [0.15, 0.2) is 0 Å². The summed E-state index contributed by atoms with van der Waals surface area (Å²) in [5.41, 5.74) is 0.958. The van der Waals surface area contributed by atoms with Gasteiger partial charge in [-0.2, -0.15) is 0 Å². The van der Waals surface area contributed by atoms with Gasteiger partial charge in [0.1, 0.15) is 0 Å². The highest BCUT2D eigenvalue weighted by atomic mass is 79.9. The number of hydrogen-bond acceptors (Lipinski definition) is 1. The lowest BCUT2D eigenvalue weighted by molar-refractivity contribution is 0.938. The van der Waals surface area contributed by atoms with Gasteiger partial charge in [-0.1, -0.05) is 23.4 Å². The van der Waals surface area contributed by atoms with Gasteiger partial charge in [0.05, 0.1) is 6.54 Å². The number of benzene rings is 1. The zero-order valence-corrected chi connectivity index (χ0v) is 9.54. The fourth-order valence-electron chi connectivity index (χ4n) is 0.819. The Morgan fingerprint density at radius 1 is 1.54 bits per heavy atom. The molecule has 1 rings (SSSR count). The second kappa shape index (κ2) is 5.29. The molecule has 0 fully saturated rings. The summed E-state index contributed by atoms with van der Waals surface area (Å²) in [6, 6.07) is 5.57. The Labute approximate surface area is 91.6 Å². The quantitative estimate of drug-likeness (QED) is 0.764. The molecular formula is C10H9BrClN. The molecule has 0 saturated carbocycles. The van der Waals surface area contributed by atoms with Crippen LogP contribution in [0.3, 0.4) is 0 Å². The van der Waals surface area contributed by atoms with Gasteiger partial charge in [-0.05, 0) is 41.2 Å². The Hall–Kier alpha value is -0.490. The van der Waals surface area contributed by atoms with Crippen molar-refractivity contribution in [3.8, 4) is 11.8 Å². The van der Waals surface area contributed by atoms with Gasteiger partial charge in [0.2, 0.25) is 0 Å². The molecule has 0 amide bonds. The first-order chi connectivity index (χ1) is 6.24. The lowest BCUT2D eigenvalue weighted by Crippen LogP contribution is -2.04. The van der Waals surface area contributed by atoms with Crippen LogP contribution in [0.2, 0.25) is 5.02 Å². The van der Waals surface area contributed by atoms with E-state index in [0.717, 1.165) is 10.0 Å². The molecule has 0 bridgehead atoms. The van der Waals surface area contributed by atoms with Crippen LogP contribution in [0, 0.1) is 11.8 Å². The summed E-state index contributed by atoms with van der Waals surface area (Å²) < 4.78 is 0.934. The molecule has 68 valence electrons. The van der Waals surface area contributed by atoms with Crippen LogP contribution in [-0.4, -0.2) is 13.6 Å². The van der Waals surface area contributed by atoms with Crippen molar-refractivity contribution < 1.29 is 0 Å². The monoisotopic (exact) mass is 257 g/mol. The molecule has 0 aliphatic heterocycles. The van der Waals surface area contributed by atoms with Crippen LogP contribution >= 0.6 is 27.5 Å². The molecule has 0 aliphatic rings. The van der Waals surface area contributed by atoms with Crippen molar-refractivity contribution in [3.63, 3.8) is 0 Å². The van der Waals surface area contributed by atoms with Gasteiger partial charge in [-0.15, -0.1) is 0 Å². The third-order valence-electron chi connectivity index (χ3n) is 1.42. The van der Waals surface area contributed by atoms with E-state index in [1.165, 1.54) is 0 Å². The maximum Gasteiger partial charge on any atom is 0.0577 e. The number of nitrogens with one attached hydrogen (secondary N) is 1. The average Bonchev–Trinajstić information content (AvgIpc) is 2.09. The van der Waals surface area contributed by atoms with Gasteiger partial charge < -0.3 is 5.32 Å². The fraction of sp³-hybridized carbons (Fsp3) is 0.200. The molecule has 0 heterocycles. The van der Waals surface area contributed by atoms with Crippen molar-refractivity contribution in [2.75, 3.05) is 13.6 Å². The molecule has 13 heavy (non-hydrogen) atoms. The third kappa shape index (κ3) is 3.40. The van der Waals surface area contributed by atoms with E-state index in [1.54, 1.807) is 0 Å². The summed E-state index contributed by atoms with van der Waals surface area (Å²) in [7, 11) is 1.87. The molecule has 0 saturated heterocycles. The van der Waals surface area contributed by atoms with Crippen LogP contribution < -0.4 is 5.32 Å². The Morgan fingerprint density at radius 2 is 2.31 bits per heavy atom. The van der Waals surface area contributed by atoms with Gasteiger partial charge in [-0.25, -0.2) is 0 Å². The van der Waals surface area contributed by atoms with Gasteiger partial charge in [-0.3, -0.25) is 0 Å². The van der Waals surface area contributed by atoms with Gasteiger partial charge >= 0.3 is 0 Å². The van der Waals surface area contributed by atoms with Gasteiger partial charge in [0.25, 0.3) is 0 Å². The first kappa shape index (κ1) is 10.6. The Bertz CT molecular complexity index is 352. The summed E-state index contributed by atoms with van der Waals surface area (Å²) in [5.74, 6) is 6.00. The van der Waals surface area contributed by atoms with E-state index < -0.39 is 0 Å². The molecule has 0 aliphatic carbocycles. The summed E-state index contributed by atoms with van der Waals surface area (Å²) in [4.78, 5) is 0. The standard InChI is InChI=1S/C10H9BrClN/c1-13-6-2-3-8-4-5-9(12)7-10(8)11/h4-5,7,13H,6H2,1H3. The summed E-state index contributed by atoms with van der Waals surface area (Å²) in [6.45, 7) is 0.690. The SMILES string of the molecule is CNCC#Cc1ccc(Cl)cc1Br. The van der Waals surface area contributed by atoms with E-state index in [1.807, 2.05) is 25.2 Å². The van der Waals surface area contributed by atoms with Gasteiger partial charge in [0, 0.05) is 15.1 Å². The van der Waals surface area contributed by atoms with Crippen molar-refractivity contribution >= 4 is 27.5 Å². The molecule has 0 spiro atoms. The highest BCUT2D eigenvalue weighted by Gasteiger charge is 1.95. The number of rotatable bonds is 1. The first-order valence-corrected chi connectivity index (χ1v) is 4.99. The van der Waals surface area contributed by atoms with Crippen LogP contribution in [-0.2, 0) is 0 Å². The van der Waals surface area contributed by atoms with Crippen molar-refractivity contribution in [2.24, 2.45) is 0 Å². The van der Waals surface area contributed by atoms with Crippen LogP contribution in [0.25, 0.3) is 0 Å². The van der Waals surface area contributed by atoms with E-state index in [0.29, 0.717) is 11.6 Å². The molecule has 0 unspecified atom stereocenters. The predicted octanol–water partition coefficient (Wildman–Crippen LogP) is 2.67. The second-order valence-electron chi connectivity index (χ2n) is 2.46. The van der Waals surface area contributed by atoms with Crippen molar-refractivity contribution in [2.45, 2.75) is 0 Å². The second-order valence-corrected chi connectivity index (χ2v) is 3.75. The van der Waals surface area contributed by atoms with E-state index in [9.17, 15) is 0 Å². The van der Waals surface area contributed by atoms with Crippen molar-refractivity contribution in [3.05, 3.63) is 33.3 Å². The summed E-state index contributed by atoms with van der Waals surface area (Å²) in [5, 5.41) is 3.67. The van der Waals surface area contributed by atoms with E-state index in [4.69, 9.17) is 11.6 Å². The zero-order chi connectivity index (χ0) is 9.68. The normalized spacial score (nSPS) is 9.15. The summed E-state index contributed by atoms with van der Waals surface area (Å²) in [6.07, 6.45) is 0. The molecular weight excluding hydrogens is 249 g/mol. The highest BCUT2D eigenvalue weighted by molar-refractivity contribution is 9.10. The van der Waals surface area contributed by atoms with Crippen molar-refractivity contribution in [1.82, 2.24) is 5.32 Å². The largest absolute Gasteiger partial charge is 0.309 e. The maximum absolute atomic E-state index is 5.79. The van der Waals surface area contributed by atoms with Crippen LogP contribution in [0.15, 0.2) is 22.7 Å². The Balaban J connectivity index is 2.85. The Morgan fingerprint density at radius 3 is 2.92 bits per heavy atom. The van der Waals surface area contributed by atoms with Crippen LogP contribution in [0.4, 0.5) is 0 Å². The molecule has 0 aromatic heterocycles. The molecule has 1 aromatic carbocycles. The predicted molar refractivity (Wildman–Crippen MR) is 60.0 cm³/mol. The molecule has 3 heteroatoms. The number of halogens is 2. The third-order valence-corrected chi connectivity index (χ3v) is 2.31. The number of hydrogen-bond donors (Lipinski definition) is 1. The molecule has 1 aromatic rings. The smallest absolute Gasteiger partial charge is 0.0577 e. The van der Waals surface area contributed by atoms with Crippen LogP contribution in [0.5, 0.6) is 0 Å². The minimum atomic E-state index is 0.690. The zero-order valence-electron chi connectivity index (χ0n) is 7.20. The lowest BCUT2D eigenvalue weighted by Gasteiger charge is -1.95. The Kier molecular flexibility index (Phi) is 4.31. The minimum absolute atomic E-state index is 0.690. The topological polar surface area (TPSA) is 12.0 Å². The van der Waals surface area contributed by atoms with E-state index in [-0.39, 0.29) is 0 Å². The van der Waals surface area contributed by atoms with E-state index >= 15 is 0 Å². The summed E-state index contributed by atoms with van der Waals surface area (Å²) >= 11 is 9.18. The molecule has 0 atom stereocenters.